The van der Waals surface area contributed by atoms with E-state index in [1.165, 1.54) is 0 Å². The smallest absolute Gasteiger partial charge is 0.238 e. The summed E-state index contributed by atoms with van der Waals surface area (Å²) in [6.45, 7) is 4.66. The molecule has 0 saturated carbocycles. The van der Waals surface area contributed by atoms with Crippen LogP contribution in [0.25, 0.3) is 0 Å². The Hall–Kier alpha value is -1.83. The molecule has 1 aromatic rings. The lowest BCUT2D eigenvalue weighted by Gasteiger charge is -2.33. The van der Waals surface area contributed by atoms with Crippen LogP contribution < -0.4 is 15.8 Å². The average molecular weight is 308 g/mol. The number of rotatable bonds is 6. The third-order valence-electron chi connectivity index (χ3n) is 3.76. The Morgan fingerprint density at radius 2 is 2.00 bits per heavy atom. The molecule has 0 aromatic heterocycles. The highest BCUT2D eigenvalue weighted by Crippen LogP contribution is 2.24. The molecular weight excluding hydrogens is 284 g/mol. The van der Waals surface area contributed by atoms with Crippen molar-refractivity contribution < 1.29 is 14.6 Å². The second-order valence-corrected chi connectivity index (χ2v) is 5.35. The summed E-state index contributed by atoms with van der Waals surface area (Å²) in [6, 6.07) is 5.20. The van der Waals surface area contributed by atoms with Crippen molar-refractivity contribution in [1.29, 1.82) is 0 Å². The molecule has 122 valence electrons. The number of piperazine rings is 1. The van der Waals surface area contributed by atoms with Crippen molar-refractivity contribution in [2.75, 3.05) is 64.0 Å². The third-order valence-corrected chi connectivity index (χ3v) is 3.76. The van der Waals surface area contributed by atoms with Crippen LogP contribution in [0, 0.1) is 0 Å². The van der Waals surface area contributed by atoms with Crippen LogP contribution in [-0.2, 0) is 4.79 Å². The quantitative estimate of drug-likeness (QED) is 0.632. The molecule has 0 aliphatic carbocycles. The predicted molar refractivity (Wildman–Crippen MR) is 86.0 cm³/mol. The molecule has 1 aliphatic heterocycles. The second-order valence-electron chi connectivity index (χ2n) is 5.35. The Kier molecular flexibility index (Phi) is 6.00. The van der Waals surface area contributed by atoms with Crippen LogP contribution in [0.4, 0.5) is 11.4 Å². The van der Waals surface area contributed by atoms with Gasteiger partial charge in [0, 0.05) is 38.4 Å². The van der Waals surface area contributed by atoms with Gasteiger partial charge < -0.3 is 20.9 Å². The van der Waals surface area contributed by atoms with Gasteiger partial charge >= 0.3 is 0 Å². The number of ether oxygens (including phenoxy) is 1. The average Bonchev–Trinajstić information content (AvgIpc) is 2.50. The maximum absolute atomic E-state index is 12.1. The van der Waals surface area contributed by atoms with Gasteiger partial charge in [-0.3, -0.25) is 14.6 Å². The molecule has 1 saturated heterocycles. The molecule has 0 bridgehead atoms. The molecule has 22 heavy (non-hydrogen) atoms. The minimum Gasteiger partial charge on any atom is -0.495 e. The number of nitrogens with two attached hydrogens (primary N) is 1. The lowest BCUT2D eigenvalue weighted by Crippen LogP contribution is -2.49. The Morgan fingerprint density at radius 3 is 2.59 bits per heavy atom. The number of carbonyl (C=O) groups excluding carboxylic acids is 1. The number of nitrogen functional groups attached to an aromatic ring is 1. The topological polar surface area (TPSA) is 91.1 Å². The van der Waals surface area contributed by atoms with Crippen molar-refractivity contribution in [3.63, 3.8) is 0 Å². The monoisotopic (exact) mass is 308 g/mol. The number of hydrogen-bond acceptors (Lipinski definition) is 6. The predicted octanol–water partition coefficient (Wildman–Crippen LogP) is -0.174. The molecule has 2 rings (SSSR count). The summed E-state index contributed by atoms with van der Waals surface area (Å²) in [5.41, 5.74) is 6.99. The summed E-state index contributed by atoms with van der Waals surface area (Å²) in [6.07, 6.45) is 0. The van der Waals surface area contributed by atoms with E-state index in [9.17, 15) is 4.79 Å². The standard InChI is InChI=1S/C15H24N4O3/c1-22-14-3-2-12(10-13(14)16)17-15(21)11-19-6-4-18(5-7-19)8-9-20/h2-3,10,20H,4-9,11,16H2,1H3,(H,17,21). The Morgan fingerprint density at radius 1 is 1.32 bits per heavy atom. The van der Waals surface area contributed by atoms with Crippen molar-refractivity contribution in [2.45, 2.75) is 0 Å². The fourth-order valence-corrected chi connectivity index (χ4v) is 2.53. The zero-order chi connectivity index (χ0) is 15.9. The van der Waals surface area contributed by atoms with E-state index in [1.807, 2.05) is 0 Å². The summed E-state index contributed by atoms with van der Waals surface area (Å²) in [5.74, 6) is 0.540. The first kappa shape index (κ1) is 16.5. The highest BCUT2D eigenvalue weighted by Gasteiger charge is 2.18. The Bertz CT molecular complexity index is 502. The number of methoxy groups -OCH3 is 1. The van der Waals surface area contributed by atoms with Gasteiger partial charge in [0.1, 0.15) is 5.75 Å². The van der Waals surface area contributed by atoms with Gasteiger partial charge in [0.25, 0.3) is 0 Å². The highest BCUT2D eigenvalue weighted by atomic mass is 16.5. The van der Waals surface area contributed by atoms with Crippen molar-refractivity contribution in [1.82, 2.24) is 9.80 Å². The number of nitrogens with one attached hydrogen (secondary N) is 1. The zero-order valence-electron chi connectivity index (χ0n) is 12.9. The van der Waals surface area contributed by atoms with Crippen LogP contribution in [-0.4, -0.2) is 73.8 Å². The molecule has 1 amide bonds. The molecule has 0 spiro atoms. The molecule has 7 nitrogen and oxygen atoms in total. The normalized spacial score (nSPS) is 16.5. The molecular formula is C15H24N4O3. The summed E-state index contributed by atoms with van der Waals surface area (Å²) >= 11 is 0. The van der Waals surface area contributed by atoms with Gasteiger partial charge in [0.2, 0.25) is 5.91 Å². The first-order valence-electron chi connectivity index (χ1n) is 7.41. The Balaban J connectivity index is 1.80. The first-order chi connectivity index (χ1) is 10.6. The Labute approximate surface area is 130 Å². The van der Waals surface area contributed by atoms with E-state index >= 15 is 0 Å². The molecule has 1 fully saturated rings. The zero-order valence-corrected chi connectivity index (χ0v) is 12.9. The number of benzene rings is 1. The van der Waals surface area contributed by atoms with E-state index < -0.39 is 0 Å². The molecule has 7 heteroatoms. The number of nitrogens with zero attached hydrogens (tertiary/aromatic N) is 2. The molecule has 0 atom stereocenters. The fraction of sp³-hybridized carbons (Fsp3) is 0.533. The van der Waals surface area contributed by atoms with Gasteiger partial charge in [-0.25, -0.2) is 0 Å². The lowest BCUT2D eigenvalue weighted by molar-refractivity contribution is -0.117. The fourth-order valence-electron chi connectivity index (χ4n) is 2.53. The first-order valence-corrected chi connectivity index (χ1v) is 7.41. The maximum Gasteiger partial charge on any atom is 0.238 e. The van der Waals surface area contributed by atoms with Crippen LogP contribution in [0.2, 0.25) is 0 Å². The molecule has 1 aromatic carbocycles. The lowest BCUT2D eigenvalue weighted by atomic mass is 10.2. The van der Waals surface area contributed by atoms with E-state index in [4.69, 9.17) is 15.6 Å². The molecule has 1 aliphatic rings. The third kappa shape index (κ3) is 4.59. The number of aliphatic hydroxyl groups excluding tert-OH is 1. The van der Waals surface area contributed by atoms with Gasteiger partial charge in [-0.05, 0) is 18.2 Å². The van der Waals surface area contributed by atoms with E-state index in [0.29, 0.717) is 30.2 Å². The maximum atomic E-state index is 12.1. The van der Waals surface area contributed by atoms with E-state index in [1.54, 1.807) is 25.3 Å². The van der Waals surface area contributed by atoms with Crippen LogP contribution in [0.3, 0.4) is 0 Å². The number of anilines is 2. The molecule has 0 radical (unpaired) electrons. The number of β-amino-alcohol motifs (C(OH)–C–C–N with tert-alkyl or cyclic N) is 1. The number of hydrogen-bond donors (Lipinski definition) is 3. The van der Waals surface area contributed by atoms with E-state index in [2.05, 4.69) is 15.1 Å². The van der Waals surface area contributed by atoms with Crippen LogP contribution in [0.1, 0.15) is 0 Å². The largest absolute Gasteiger partial charge is 0.495 e. The van der Waals surface area contributed by atoms with Crippen LogP contribution in [0.5, 0.6) is 5.75 Å². The van der Waals surface area contributed by atoms with Crippen LogP contribution >= 0.6 is 0 Å². The summed E-state index contributed by atoms with van der Waals surface area (Å²) in [4.78, 5) is 16.4. The van der Waals surface area contributed by atoms with Crippen molar-refractivity contribution in [3.8, 4) is 5.75 Å². The van der Waals surface area contributed by atoms with Crippen LogP contribution in [0.15, 0.2) is 18.2 Å². The van der Waals surface area contributed by atoms with Gasteiger partial charge in [-0.15, -0.1) is 0 Å². The van der Waals surface area contributed by atoms with Gasteiger partial charge in [-0.1, -0.05) is 0 Å². The number of amides is 1. The minimum absolute atomic E-state index is 0.0554. The summed E-state index contributed by atoms with van der Waals surface area (Å²) in [5, 5.41) is 11.8. The highest BCUT2D eigenvalue weighted by molar-refractivity contribution is 5.92. The molecule has 4 N–H and O–H groups in total. The number of aliphatic hydroxyl groups is 1. The van der Waals surface area contributed by atoms with Gasteiger partial charge in [0.15, 0.2) is 0 Å². The van der Waals surface area contributed by atoms with Crippen molar-refractivity contribution in [2.24, 2.45) is 0 Å². The van der Waals surface area contributed by atoms with Gasteiger partial charge in [-0.2, -0.15) is 0 Å². The number of carbonyl (C=O) groups is 1. The molecule has 0 unspecified atom stereocenters. The molecule has 1 heterocycles. The van der Waals surface area contributed by atoms with E-state index in [0.717, 1.165) is 26.2 Å². The minimum atomic E-state index is -0.0554. The summed E-state index contributed by atoms with van der Waals surface area (Å²) < 4.78 is 5.09. The summed E-state index contributed by atoms with van der Waals surface area (Å²) in [7, 11) is 1.56. The van der Waals surface area contributed by atoms with Crippen molar-refractivity contribution >= 4 is 17.3 Å². The SMILES string of the molecule is COc1ccc(NC(=O)CN2CCN(CCO)CC2)cc1N. The van der Waals surface area contributed by atoms with Gasteiger partial charge in [0.05, 0.1) is 25.9 Å². The second kappa shape index (κ2) is 7.98. The van der Waals surface area contributed by atoms with E-state index in [-0.39, 0.29) is 12.5 Å². The van der Waals surface area contributed by atoms with Crippen molar-refractivity contribution in [3.05, 3.63) is 18.2 Å².